The van der Waals surface area contributed by atoms with E-state index in [4.69, 9.17) is 0 Å². The van der Waals surface area contributed by atoms with Crippen LogP contribution in [0, 0.1) is 0 Å². The van der Waals surface area contributed by atoms with E-state index in [1.807, 2.05) is 0 Å². The van der Waals surface area contributed by atoms with E-state index in [0.29, 0.717) is 6.85 Å². The smallest absolute Gasteiger partial charge is 0.261 e. The van der Waals surface area contributed by atoms with Crippen molar-refractivity contribution in [1.29, 1.82) is 0 Å². The predicted octanol–water partition coefficient (Wildman–Crippen LogP) is 2.02. The molecular formula is C12H18BN. The molecule has 0 radical (unpaired) electrons. The van der Waals surface area contributed by atoms with E-state index >= 15 is 0 Å². The van der Waals surface area contributed by atoms with Crippen LogP contribution in [-0.2, 0) is 0 Å². The van der Waals surface area contributed by atoms with E-state index in [9.17, 15) is 0 Å². The minimum absolute atomic E-state index is 0.493. The lowest BCUT2D eigenvalue weighted by molar-refractivity contribution is 0.649. The first kappa shape index (κ1) is 11.1. The van der Waals surface area contributed by atoms with Crippen molar-refractivity contribution in [1.82, 2.24) is 4.81 Å². The molecule has 1 nitrogen and oxygen atoms in total. The van der Waals surface area contributed by atoms with Crippen LogP contribution in [0.4, 0.5) is 0 Å². The van der Waals surface area contributed by atoms with Crippen molar-refractivity contribution in [3.05, 3.63) is 42.5 Å². The Labute approximate surface area is 87.5 Å². The first-order valence-corrected chi connectivity index (χ1v) is 5.08. The molecule has 0 bridgehead atoms. The molecule has 1 aromatic carbocycles. The number of allylic oxidation sites excluding steroid dienone is 2. The molecule has 2 heteroatoms. The van der Waals surface area contributed by atoms with Crippen LogP contribution < -0.4 is 5.46 Å². The normalized spacial score (nSPS) is 11.1. The van der Waals surface area contributed by atoms with Crippen LogP contribution in [0.1, 0.15) is 6.92 Å². The standard InChI is InChI=1S/C12H18BN/c1-4-5-11-13(14(2)3)12-9-7-6-8-10-12/h4-10H,11H2,1-3H3/b5-4+. The summed E-state index contributed by atoms with van der Waals surface area (Å²) in [5.41, 5.74) is 1.38. The molecule has 0 saturated heterocycles. The van der Waals surface area contributed by atoms with Crippen LogP contribution in [0.2, 0.25) is 6.32 Å². The van der Waals surface area contributed by atoms with Gasteiger partial charge in [0.1, 0.15) is 0 Å². The Balaban J connectivity index is 2.78. The maximum Gasteiger partial charge on any atom is 0.261 e. The minimum atomic E-state index is 0.493. The van der Waals surface area contributed by atoms with Gasteiger partial charge in [-0.1, -0.05) is 47.9 Å². The monoisotopic (exact) mass is 187 g/mol. The van der Waals surface area contributed by atoms with Crippen LogP contribution in [0.15, 0.2) is 42.5 Å². The van der Waals surface area contributed by atoms with Gasteiger partial charge in [0.25, 0.3) is 6.85 Å². The zero-order chi connectivity index (χ0) is 10.4. The maximum atomic E-state index is 2.26. The lowest BCUT2D eigenvalue weighted by atomic mass is 9.52. The van der Waals surface area contributed by atoms with Crippen molar-refractivity contribution in [3.63, 3.8) is 0 Å². The second-order valence-corrected chi connectivity index (χ2v) is 3.69. The van der Waals surface area contributed by atoms with E-state index in [-0.39, 0.29) is 0 Å². The average molecular weight is 187 g/mol. The molecule has 0 atom stereocenters. The highest BCUT2D eigenvalue weighted by molar-refractivity contribution is 6.70. The molecule has 1 rings (SSSR count). The molecule has 0 aliphatic heterocycles. The van der Waals surface area contributed by atoms with Crippen LogP contribution in [0.5, 0.6) is 0 Å². The van der Waals surface area contributed by atoms with Crippen LogP contribution in [0.3, 0.4) is 0 Å². The molecular weight excluding hydrogens is 169 g/mol. The van der Waals surface area contributed by atoms with E-state index in [1.54, 1.807) is 0 Å². The molecule has 0 N–H and O–H groups in total. The minimum Gasteiger partial charge on any atom is -0.343 e. The Bertz CT molecular complexity index is 280. The highest BCUT2D eigenvalue weighted by Crippen LogP contribution is 1.99. The fourth-order valence-corrected chi connectivity index (χ4v) is 1.59. The predicted molar refractivity (Wildman–Crippen MR) is 65.1 cm³/mol. The molecule has 14 heavy (non-hydrogen) atoms. The lowest BCUT2D eigenvalue weighted by Gasteiger charge is -2.19. The van der Waals surface area contributed by atoms with Crippen molar-refractivity contribution < 1.29 is 0 Å². The molecule has 0 spiro atoms. The van der Waals surface area contributed by atoms with Gasteiger partial charge in [-0.05, 0) is 27.3 Å². The molecule has 0 aliphatic rings. The highest BCUT2D eigenvalue weighted by atomic mass is 15.0. The average Bonchev–Trinajstić information content (AvgIpc) is 2.19. The second-order valence-electron chi connectivity index (χ2n) is 3.69. The molecule has 1 aromatic rings. The Kier molecular flexibility index (Phi) is 4.47. The molecule has 0 aliphatic carbocycles. The first-order valence-electron chi connectivity index (χ1n) is 5.08. The number of hydrogen-bond donors (Lipinski definition) is 0. The van der Waals surface area contributed by atoms with Gasteiger partial charge < -0.3 is 4.81 Å². The summed E-state index contributed by atoms with van der Waals surface area (Å²) in [4.78, 5) is 2.26. The zero-order valence-electron chi connectivity index (χ0n) is 9.27. The molecule has 0 fully saturated rings. The topological polar surface area (TPSA) is 3.24 Å². The van der Waals surface area contributed by atoms with Crippen molar-refractivity contribution in [2.24, 2.45) is 0 Å². The Morgan fingerprint density at radius 2 is 1.86 bits per heavy atom. The van der Waals surface area contributed by atoms with Gasteiger partial charge in [0, 0.05) is 0 Å². The largest absolute Gasteiger partial charge is 0.343 e. The zero-order valence-corrected chi connectivity index (χ0v) is 9.27. The van der Waals surface area contributed by atoms with Crippen molar-refractivity contribution in [2.45, 2.75) is 13.2 Å². The van der Waals surface area contributed by atoms with E-state index < -0.39 is 0 Å². The molecule has 0 aromatic heterocycles. The second kappa shape index (κ2) is 5.66. The Hall–Kier alpha value is -1.02. The fourth-order valence-electron chi connectivity index (χ4n) is 1.59. The third kappa shape index (κ3) is 3.04. The number of rotatable bonds is 4. The van der Waals surface area contributed by atoms with Crippen LogP contribution in [0.25, 0.3) is 0 Å². The van der Waals surface area contributed by atoms with Gasteiger partial charge in [-0.15, -0.1) is 0 Å². The molecule has 0 unspecified atom stereocenters. The summed E-state index contributed by atoms with van der Waals surface area (Å²) in [5.74, 6) is 0. The molecule has 0 amide bonds. The van der Waals surface area contributed by atoms with Gasteiger partial charge in [-0.3, -0.25) is 0 Å². The third-order valence-electron chi connectivity index (χ3n) is 2.40. The van der Waals surface area contributed by atoms with Crippen LogP contribution >= 0.6 is 0 Å². The van der Waals surface area contributed by atoms with E-state index in [0.717, 1.165) is 6.32 Å². The summed E-state index contributed by atoms with van der Waals surface area (Å²) in [6.07, 6.45) is 5.41. The van der Waals surface area contributed by atoms with Crippen molar-refractivity contribution >= 4 is 12.3 Å². The van der Waals surface area contributed by atoms with Gasteiger partial charge in [-0.25, -0.2) is 0 Å². The van der Waals surface area contributed by atoms with Gasteiger partial charge in [0.2, 0.25) is 0 Å². The highest BCUT2D eigenvalue weighted by Gasteiger charge is 2.16. The Morgan fingerprint density at radius 1 is 1.21 bits per heavy atom. The number of nitrogens with zero attached hydrogens (tertiary/aromatic N) is 1. The summed E-state index contributed by atoms with van der Waals surface area (Å²) in [7, 11) is 4.25. The van der Waals surface area contributed by atoms with Crippen molar-refractivity contribution in [2.75, 3.05) is 14.1 Å². The lowest BCUT2D eigenvalue weighted by Crippen LogP contribution is -2.43. The van der Waals surface area contributed by atoms with Gasteiger partial charge in [0.05, 0.1) is 0 Å². The third-order valence-corrected chi connectivity index (χ3v) is 2.40. The van der Waals surface area contributed by atoms with Crippen LogP contribution in [-0.4, -0.2) is 25.8 Å². The fraction of sp³-hybridized carbons (Fsp3) is 0.333. The molecule has 0 heterocycles. The van der Waals surface area contributed by atoms with Gasteiger partial charge in [-0.2, -0.15) is 0 Å². The first-order chi connectivity index (χ1) is 6.75. The van der Waals surface area contributed by atoms with Gasteiger partial charge in [0.15, 0.2) is 0 Å². The maximum absolute atomic E-state index is 2.26. The summed E-state index contributed by atoms with van der Waals surface area (Å²) < 4.78 is 0. The van der Waals surface area contributed by atoms with Crippen molar-refractivity contribution in [3.8, 4) is 0 Å². The molecule has 74 valence electrons. The van der Waals surface area contributed by atoms with E-state index in [1.165, 1.54) is 5.46 Å². The summed E-state index contributed by atoms with van der Waals surface area (Å²) >= 11 is 0. The quantitative estimate of drug-likeness (QED) is 0.514. The summed E-state index contributed by atoms with van der Waals surface area (Å²) in [6.45, 7) is 2.56. The number of benzene rings is 1. The Morgan fingerprint density at radius 3 is 2.36 bits per heavy atom. The van der Waals surface area contributed by atoms with Gasteiger partial charge >= 0.3 is 0 Å². The molecule has 0 saturated carbocycles. The summed E-state index contributed by atoms with van der Waals surface area (Å²) in [6, 6.07) is 10.6. The number of hydrogen-bond acceptors (Lipinski definition) is 1. The van der Waals surface area contributed by atoms with E-state index in [2.05, 4.69) is 68.3 Å². The summed E-state index contributed by atoms with van der Waals surface area (Å²) in [5, 5.41) is 0. The SMILES string of the molecule is C/C=C/CB(c1ccccc1)N(C)C.